The first-order valence-electron chi connectivity index (χ1n) is 8.89. The maximum atomic E-state index is 13.5. The minimum Gasteiger partial charge on any atom is -0.455 e. The van der Waals surface area contributed by atoms with Crippen molar-refractivity contribution in [2.24, 2.45) is 0 Å². The number of ether oxygens (including phenoxy) is 1. The molecule has 0 aromatic heterocycles. The summed E-state index contributed by atoms with van der Waals surface area (Å²) in [6, 6.07) is 20.4. The number of esters is 1. The zero-order valence-electron chi connectivity index (χ0n) is 15.2. The first-order chi connectivity index (χ1) is 13.6. The molecule has 0 unspecified atom stereocenters. The minimum atomic E-state index is -0.456. The van der Waals surface area contributed by atoms with Gasteiger partial charge in [-0.3, -0.25) is 9.59 Å². The molecule has 0 heterocycles. The number of hydrogen-bond donors (Lipinski definition) is 1. The number of hydrogen-bond acceptors (Lipinski definition) is 4. The van der Waals surface area contributed by atoms with Gasteiger partial charge in [0, 0.05) is 11.4 Å². The van der Waals surface area contributed by atoms with Gasteiger partial charge in [-0.25, -0.2) is 4.39 Å². The molecule has 4 nitrogen and oxygen atoms in total. The van der Waals surface area contributed by atoms with Crippen molar-refractivity contribution in [3.05, 3.63) is 78.1 Å². The van der Waals surface area contributed by atoms with Crippen LogP contribution in [0.1, 0.15) is 5.56 Å². The average molecular weight is 397 g/mol. The van der Waals surface area contributed by atoms with Crippen molar-refractivity contribution in [1.82, 2.24) is 5.32 Å². The van der Waals surface area contributed by atoms with E-state index in [1.807, 2.05) is 42.5 Å². The first kappa shape index (κ1) is 19.9. The number of amides is 1. The smallest absolute Gasteiger partial charge is 0.316 e. The van der Waals surface area contributed by atoms with Crippen molar-refractivity contribution in [2.45, 2.75) is 11.3 Å². The molecule has 0 saturated heterocycles. The second-order valence-electron chi connectivity index (χ2n) is 6.15. The van der Waals surface area contributed by atoms with E-state index in [0.717, 1.165) is 15.7 Å². The summed E-state index contributed by atoms with van der Waals surface area (Å²) >= 11 is 1.36. The Labute approximate surface area is 167 Å². The Morgan fingerprint density at radius 3 is 2.54 bits per heavy atom. The lowest BCUT2D eigenvalue weighted by atomic mass is 10.1. The Balaban J connectivity index is 1.36. The molecule has 0 radical (unpaired) electrons. The maximum absolute atomic E-state index is 13.5. The molecule has 1 N–H and O–H groups in total. The van der Waals surface area contributed by atoms with E-state index in [2.05, 4.69) is 5.32 Å². The molecular formula is C22H20FNO3S. The molecular weight excluding hydrogens is 377 g/mol. The van der Waals surface area contributed by atoms with E-state index in [0.29, 0.717) is 12.0 Å². The van der Waals surface area contributed by atoms with Crippen LogP contribution < -0.4 is 5.32 Å². The Hall–Kier alpha value is -2.86. The number of carbonyl (C=O) groups excluding carboxylic acids is 2. The number of fused-ring (bicyclic) bond motifs is 1. The van der Waals surface area contributed by atoms with Crippen LogP contribution in [-0.2, 0) is 20.7 Å². The van der Waals surface area contributed by atoms with Crippen LogP contribution in [0.4, 0.5) is 4.39 Å². The van der Waals surface area contributed by atoms with Gasteiger partial charge < -0.3 is 10.1 Å². The van der Waals surface area contributed by atoms with Crippen molar-refractivity contribution in [3.8, 4) is 0 Å². The normalized spacial score (nSPS) is 10.6. The topological polar surface area (TPSA) is 55.4 Å². The number of carbonyl (C=O) groups is 2. The van der Waals surface area contributed by atoms with E-state index in [1.54, 1.807) is 18.2 Å². The Morgan fingerprint density at radius 2 is 1.71 bits per heavy atom. The van der Waals surface area contributed by atoms with E-state index in [1.165, 1.54) is 17.8 Å². The highest BCUT2D eigenvalue weighted by molar-refractivity contribution is 8.00. The highest BCUT2D eigenvalue weighted by Crippen LogP contribution is 2.23. The molecule has 0 aliphatic rings. The van der Waals surface area contributed by atoms with Crippen LogP contribution in [0.5, 0.6) is 0 Å². The largest absolute Gasteiger partial charge is 0.455 e. The van der Waals surface area contributed by atoms with E-state index < -0.39 is 11.9 Å². The summed E-state index contributed by atoms with van der Waals surface area (Å²) in [7, 11) is 0. The van der Waals surface area contributed by atoms with Gasteiger partial charge in [0.25, 0.3) is 5.91 Å². The molecule has 0 spiro atoms. The summed E-state index contributed by atoms with van der Waals surface area (Å²) in [6.45, 7) is -0.0580. The van der Waals surface area contributed by atoms with Crippen molar-refractivity contribution in [3.63, 3.8) is 0 Å². The zero-order chi connectivity index (χ0) is 19.8. The van der Waals surface area contributed by atoms with Gasteiger partial charge in [-0.2, -0.15) is 0 Å². The summed E-state index contributed by atoms with van der Waals surface area (Å²) in [5.41, 5.74) is 0.534. The molecule has 6 heteroatoms. The first-order valence-corrected chi connectivity index (χ1v) is 9.88. The molecule has 1 amide bonds. The fourth-order valence-electron chi connectivity index (χ4n) is 2.68. The monoisotopic (exact) mass is 397 g/mol. The van der Waals surface area contributed by atoms with Crippen molar-refractivity contribution in [2.75, 3.05) is 18.9 Å². The molecule has 3 aromatic rings. The Morgan fingerprint density at radius 1 is 0.964 bits per heavy atom. The van der Waals surface area contributed by atoms with Crippen molar-refractivity contribution < 1.29 is 18.7 Å². The van der Waals surface area contributed by atoms with Crippen LogP contribution >= 0.6 is 11.8 Å². The summed E-state index contributed by atoms with van der Waals surface area (Å²) in [6.07, 6.45) is 0.379. The van der Waals surface area contributed by atoms with Crippen molar-refractivity contribution in [1.29, 1.82) is 0 Å². The fourth-order valence-corrected chi connectivity index (χ4v) is 3.42. The van der Waals surface area contributed by atoms with Crippen LogP contribution in [0.25, 0.3) is 10.8 Å². The number of benzene rings is 3. The van der Waals surface area contributed by atoms with Gasteiger partial charge in [0.05, 0.1) is 5.75 Å². The van der Waals surface area contributed by atoms with Gasteiger partial charge in [-0.1, -0.05) is 48.5 Å². The molecule has 3 aromatic carbocycles. The van der Waals surface area contributed by atoms with E-state index in [4.69, 9.17) is 4.74 Å². The van der Waals surface area contributed by atoms with Crippen molar-refractivity contribution >= 4 is 34.4 Å². The van der Waals surface area contributed by atoms with Crippen LogP contribution in [0.3, 0.4) is 0 Å². The summed E-state index contributed by atoms with van der Waals surface area (Å²) < 4.78 is 18.5. The van der Waals surface area contributed by atoms with Crippen LogP contribution in [0.15, 0.2) is 71.6 Å². The van der Waals surface area contributed by atoms with Gasteiger partial charge >= 0.3 is 5.97 Å². The lowest BCUT2D eigenvalue weighted by Crippen LogP contribution is -2.30. The molecule has 144 valence electrons. The molecule has 3 rings (SSSR count). The molecule has 0 aliphatic heterocycles. The van der Waals surface area contributed by atoms with Crippen LogP contribution in [0, 0.1) is 5.82 Å². The quantitative estimate of drug-likeness (QED) is 0.462. The third-order valence-electron chi connectivity index (χ3n) is 4.12. The maximum Gasteiger partial charge on any atom is 0.316 e. The van der Waals surface area contributed by atoms with Gasteiger partial charge in [0.2, 0.25) is 0 Å². The third kappa shape index (κ3) is 5.82. The zero-order valence-corrected chi connectivity index (χ0v) is 16.0. The van der Waals surface area contributed by atoms with Gasteiger partial charge in [-0.15, -0.1) is 11.8 Å². The third-order valence-corrected chi connectivity index (χ3v) is 5.08. The minimum absolute atomic E-state index is 0.126. The highest BCUT2D eigenvalue weighted by atomic mass is 32.2. The summed E-state index contributed by atoms with van der Waals surface area (Å²) in [5.74, 6) is -1.03. The second-order valence-corrected chi connectivity index (χ2v) is 7.20. The highest BCUT2D eigenvalue weighted by Gasteiger charge is 2.09. The van der Waals surface area contributed by atoms with E-state index in [-0.39, 0.29) is 24.7 Å². The Kier molecular flexibility index (Phi) is 7.03. The average Bonchev–Trinajstić information content (AvgIpc) is 2.72. The SMILES string of the molecule is O=C(COC(=O)CSc1ccc2ccccc2c1)NCCc1ccccc1F. The Bertz CT molecular complexity index is 977. The molecule has 0 aliphatic carbocycles. The van der Waals surface area contributed by atoms with E-state index >= 15 is 0 Å². The molecule has 0 atom stereocenters. The predicted octanol–water partition coefficient (Wildman–Crippen LogP) is 3.97. The summed E-state index contributed by atoms with van der Waals surface area (Å²) in [4.78, 5) is 24.6. The van der Waals surface area contributed by atoms with E-state index in [9.17, 15) is 14.0 Å². The van der Waals surface area contributed by atoms with Crippen LogP contribution in [0.2, 0.25) is 0 Å². The van der Waals surface area contributed by atoms with Gasteiger partial charge in [-0.05, 0) is 41.0 Å². The molecule has 0 bridgehead atoms. The second kappa shape index (κ2) is 9.90. The summed E-state index contributed by atoms with van der Waals surface area (Å²) in [5, 5.41) is 4.86. The number of rotatable bonds is 8. The number of nitrogens with one attached hydrogen (secondary N) is 1. The molecule has 0 saturated carbocycles. The lowest BCUT2D eigenvalue weighted by molar-refractivity contribution is -0.145. The molecule has 28 heavy (non-hydrogen) atoms. The van der Waals surface area contributed by atoms with Crippen LogP contribution in [-0.4, -0.2) is 30.8 Å². The fraction of sp³-hybridized carbons (Fsp3) is 0.182. The standard InChI is InChI=1S/C22H20FNO3S/c23-20-8-4-3-6-17(20)11-12-24-21(25)14-27-22(26)15-28-19-10-9-16-5-1-2-7-18(16)13-19/h1-10,13H,11-12,14-15H2,(H,24,25). The lowest BCUT2D eigenvalue weighted by Gasteiger charge is -2.07. The van der Waals surface area contributed by atoms with Gasteiger partial charge in [0.15, 0.2) is 6.61 Å². The molecule has 0 fully saturated rings. The van der Waals surface area contributed by atoms with Gasteiger partial charge in [0.1, 0.15) is 5.82 Å². The predicted molar refractivity (Wildman–Crippen MR) is 109 cm³/mol. The number of thioether (sulfide) groups is 1. The number of halogens is 1.